The lowest BCUT2D eigenvalue weighted by Crippen LogP contribution is -2.34. The van der Waals surface area contributed by atoms with E-state index < -0.39 is 0 Å². The largest absolute Gasteiger partial charge is 0.489 e. The van der Waals surface area contributed by atoms with Gasteiger partial charge in [-0.2, -0.15) is 0 Å². The first-order chi connectivity index (χ1) is 13.6. The molecule has 1 saturated heterocycles. The first-order valence-corrected chi connectivity index (χ1v) is 10.3. The Kier molecular flexibility index (Phi) is 8.99. The Labute approximate surface area is 179 Å². The van der Waals surface area contributed by atoms with Gasteiger partial charge in [0.1, 0.15) is 5.75 Å². The number of nitrogens with one attached hydrogen (secondary N) is 2. The molecule has 0 saturated carbocycles. The van der Waals surface area contributed by atoms with Crippen molar-refractivity contribution >= 4 is 29.9 Å². The highest BCUT2D eigenvalue weighted by Gasteiger charge is 2.46. The quantitative estimate of drug-likeness (QED) is 0.345. The molecule has 0 radical (unpaired) electrons. The van der Waals surface area contributed by atoms with Crippen LogP contribution < -0.4 is 15.4 Å². The fourth-order valence-corrected chi connectivity index (χ4v) is 3.83. The van der Waals surface area contributed by atoms with Gasteiger partial charge >= 0.3 is 0 Å². The van der Waals surface area contributed by atoms with Crippen LogP contribution in [0.5, 0.6) is 5.75 Å². The minimum Gasteiger partial charge on any atom is -0.489 e. The average molecular weight is 422 g/mol. The molecule has 0 bridgehead atoms. The van der Waals surface area contributed by atoms with Gasteiger partial charge < -0.3 is 15.4 Å². The number of carbonyl (C=O) groups excluding carboxylic acids is 2. The van der Waals surface area contributed by atoms with Crippen LogP contribution in [-0.4, -0.2) is 49.0 Å². The van der Waals surface area contributed by atoms with Gasteiger partial charge in [0.15, 0.2) is 0 Å². The second kappa shape index (κ2) is 11.2. The van der Waals surface area contributed by atoms with Gasteiger partial charge in [-0.15, -0.1) is 12.4 Å². The van der Waals surface area contributed by atoms with E-state index >= 15 is 0 Å². The Hall–Kier alpha value is -2.05. The number of anilines is 1. The van der Waals surface area contributed by atoms with Gasteiger partial charge in [-0.3, -0.25) is 14.5 Å². The van der Waals surface area contributed by atoms with E-state index in [4.69, 9.17) is 4.74 Å². The van der Waals surface area contributed by atoms with Crippen LogP contribution in [0.4, 0.5) is 5.69 Å². The number of halogens is 1. The van der Waals surface area contributed by atoms with Crippen LogP contribution in [0.3, 0.4) is 0 Å². The molecule has 7 heteroatoms. The summed E-state index contributed by atoms with van der Waals surface area (Å²) in [4.78, 5) is 26.3. The molecule has 1 aliphatic heterocycles. The maximum Gasteiger partial charge on any atom is 0.233 e. The van der Waals surface area contributed by atoms with Crippen LogP contribution in [-0.2, 0) is 9.59 Å². The molecular weight excluding hydrogens is 390 g/mol. The number of nitrogens with zero attached hydrogens (tertiary/aromatic N) is 1. The zero-order chi connectivity index (χ0) is 19.9. The van der Waals surface area contributed by atoms with Crippen molar-refractivity contribution in [1.29, 1.82) is 0 Å². The molecule has 2 unspecified atom stereocenters. The molecule has 1 heterocycles. The van der Waals surface area contributed by atoms with Crippen molar-refractivity contribution in [1.82, 2.24) is 10.2 Å². The number of fused-ring (bicyclic) bond motifs is 1. The highest BCUT2D eigenvalue weighted by atomic mass is 35.5. The van der Waals surface area contributed by atoms with Gasteiger partial charge in [0.05, 0.1) is 23.6 Å². The third-order valence-electron chi connectivity index (χ3n) is 5.20. The van der Waals surface area contributed by atoms with E-state index in [-0.39, 0.29) is 42.2 Å². The minimum absolute atomic E-state index is 0. The first kappa shape index (κ1) is 23.2. The third kappa shape index (κ3) is 5.97. The van der Waals surface area contributed by atoms with Crippen LogP contribution in [0.1, 0.15) is 33.1 Å². The molecule has 2 atom stereocenters. The third-order valence-corrected chi connectivity index (χ3v) is 5.20. The van der Waals surface area contributed by atoms with Crippen molar-refractivity contribution in [3.8, 4) is 5.75 Å². The number of hydrogen-bond donors (Lipinski definition) is 2. The summed E-state index contributed by atoms with van der Waals surface area (Å²) in [5.41, 5.74) is 0.988. The van der Waals surface area contributed by atoms with Gasteiger partial charge in [0.25, 0.3) is 0 Å². The number of benzene rings is 1. The molecule has 160 valence electrons. The van der Waals surface area contributed by atoms with Gasteiger partial charge in [0, 0.05) is 19.6 Å². The topological polar surface area (TPSA) is 70.7 Å². The van der Waals surface area contributed by atoms with Crippen molar-refractivity contribution < 1.29 is 14.3 Å². The summed E-state index contributed by atoms with van der Waals surface area (Å²) in [6.07, 6.45) is 6.37. The standard InChI is InChI=1S/C22H31N3O3.ClH/c1-16(2)28-20-11-6-5-10-19(20)24-14-13-23-12-7-15-25-21(26)17-8-3-4-9-18(17)22(25)27;/h3-6,10-11,16-18,23-24H,7-9,12-15H2,1-2H3;1H. The summed E-state index contributed by atoms with van der Waals surface area (Å²) < 4.78 is 5.80. The number of likely N-dealkylation sites (tertiary alicyclic amines) is 1. The van der Waals surface area contributed by atoms with Crippen molar-refractivity contribution in [3.05, 3.63) is 36.4 Å². The number of para-hydroxylation sites is 2. The van der Waals surface area contributed by atoms with Gasteiger partial charge in [-0.25, -0.2) is 0 Å². The van der Waals surface area contributed by atoms with Crippen LogP contribution in [0.2, 0.25) is 0 Å². The molecule has 2 N–H and O–H groups in total. The zero-order valence-electron chi connectivity index (χ0n) is 17.2. The summed E-state index contributed by atoms with van der Waals surface area (Å²) in [5, 5.41) is 6.75. The second-order valence-corrected chi connectivity index (χ2v) is 7.68. The van der Waals surface area contributed by atoms with E-state index in [2.05, 4.69) is 10.6 Å². The maximum atomic E-state index is 12.4. The average Bonchev–Trinajstić information content (AvgIpc) is 2.93. The molecular formula is C22H32ClN3O3. The minimum atomic E-state index is -0.122. The maximum absolute atomic E-state index is 12.4. The first-order valence-electron chi connectivity index (χ1n) is 10.3. The fourth-order valence-electron chi connectivity index (χ4n) is 3.83. The SMILES string of the molecule is CC(C)Oc1ccccc1NCCNCCCN1C(=O)C2CC=CCC2C1=O.Cl. The second-order valence-electron chi connectivity index (χ2n) is 7.68. The molecule has 1 aromatic carbocycles. The van der Waals surface area contributed by atoms with Crippen LogP contribution in [0.15, 0.2) is 36.4 Å². The molecule has 29 heavy (non-hydrogen) atoms. The Morgan fingerprint density at radius 3 is 2.34 bits per heavy atom. The number of allylic oxidation sites excluding steroid dienone is 2. The lowest BCUT2D eigenvalue weighted by atomic mass is 9.85. The Morgan fingerprint density at radius 2 is 1.69 bits per heavy atom. The smallest absolute Gasteiger partial charge is 0.233 e. The van der Waals surface area contributed by atoms with Crippen LogP contribution >= 0.6 is 12.4 Å². The molecule has 1 fully saturated rings. The summed E-state index contributed by atoms with van der Waals surface area (Å²) in [5.74, 6) is 0.649. The normalized spacial score (nSPS) is 20.6. The summed E-state index contributed by atoms with van der Waals surface area (Å²) in [7, 11) is 0. The van der Waals surface area contributed by atoms with Crippen molar-refractivity contribution in [3.63, 3.8) is 0 Å². The highest BCUT2D eigenvalue weighted by molar-refractivity contribution is 6.05. The van der Waals surface area contributed by atoms with Gasteiger partial charge in [-0.1, -0.05) is 24.3 Å². The molecule has 2 aliphatic rings. The van der Waals surface area contributed by atoms with E-state index in [9.17, 15) is 9.59 Å². The van der Waals surface area contributed by atoms with E-state index in [1.54, 1.807) is 0 Å². The Bertz CT molecular complexity index is 697. The molecule has 3 rings (SSSR count). The predicted octanol–water partition coefficient (Wildman–Crippen LogP) is 3.24. The van der Waals surface area contributed by atoms with Crippen molar-refractivity contribution in [2.24, 2.45) is 11.8 Å². The van der Waals surface area contributed by atoms with Crippen LogP contribution in [0, 0.1) is 11.8 Å². The Morgan fingerprint density at radius 1 is 1.03 bits per heavy atom. The summed E-state index contributed by atoms with van der Waals surface area (Å²) in [6, 6.07) is 7.93. The Balaban J connectivity index is 0.00000300. The monoisotopic (exact) mass is 421 g/mol. The van der Waals surface area contributed by atoms with Crippen molar-refractivity contribution in [2.75, 3.05) is 31.5 Å². The number of rotatable bonds is 10. The number of amides is 2. The number of hydrogen-bond acceptors (Lipinski definition) is 5. The predicted molar refractivity (Wildman–Crippen MR) is 118 cm³/mol. The highest BCUT2D eigenvalue weighted by Crippen LogP contribution is 2.34. The number of carbonyl (C=O) groups is 2. The van der Waals surface area contributed by atoms with Gasteiger partial charge in [0.2, 0.25) is 11.8 Å². The lowest BCUT2D eigenvalue weighted by Gasteiger charge is -2.16. The molecule has 0 aromatic heterocycles. The molecule has 6 nitrogen and oxygen atoms in total. The van der Waals surface area contributed by atoms with E-state index in [1.807, 2.05) is 50.3 Å². The summed E-state index contributed by atoms with van der Waals surface area (Å²) >= 11 is 0. The van der Waals surface area contributed by atoms with E-state index in [1.165, 1.54) is 4.90 Å². The van der Waals surface area contributed by atoms with Crippen LogP contribution in [0.25, 0.3) is 0 Å². The molecule has 0 spiro atoms. The van der Waals surface area contributed by atoms with Gasteiger partial charge in [-0.05, 0) is 51.8 Å². The molecule has 1 aliphatic carbocycles. The van der Waals surface area contributed by atoms with E-state index in [0.29, 0.717) is 19.4 Å². The number of imide groups is 1. The number of ether oxygens (including phenoxy) is 1. The van der Waals surface area contributed by atoms with E-state index in [0.717, 1.165) is 37.5 Å². The molecule has 2 amide bonds. The zero-order valence-corrected chi connectivity index (χ0v) is 18.0. The summed E-state index contributed by atoms with van der Waals surface area (Å²) in [6.45, 7) is 6.88. The van der Waals surface area contributed by atoms with Crippen molar-refractivity contribution in [2.45, 2.75) is 39.2 Å². The fraction of sp³-hybridized carbons (Fsp3) is 0.545. The molecule has 1 aromatic rings. The lowest BCUT2D eigenvalue weighted by molar-refractivity contribution is -0.139.